The van der Waals surface area contributed by atoms with Crippen molar-refractivity contribution < 1.29 is 17.9 Å². The van der Waals surface area contributed by atoms with Gasteiger partial charge in [0.2, 0.25) is 0 Å². The van der Waals surface area contributed by atoms with E-state index in [1.54, 1.807) is 29.2 Å². The summed E-state index contributed by atoms with van der Waals surface area (Å²) in [6.45, 7) is 8.74. The maximum absolute atomic E-state index is 14.3. The van der Waals surface area contributed by atoms with Gasteiger partial charge in [0.25, 0.3) is 10.0 Å². The van der Waals surface area contributed by atoms with Crippen molar-refractivity contribution in [2.45, 2.75) is 25.2 Å². The van der Waals surface area contributed by atoms with Gasteiger partial charge in [-0.1, -0.05) is 24.6 Å². The van der Waals surface area contributed by atoms with Crippen LogP contribution in [0, 0.1) is 6.92 Å². The first-order chi connectivity index (χ1) is 19.4. The van der Waals surface area contributed by atoms with Crippen molar-refractivity contribution in [1.82, 2.24) is 23.6 Å². The highest BCUT2D eigenvalue weighted by molar-refractivity contribution is 7.90. The summed E-state index contributed by atoms with van der Waals surface area (Å²) >= 11 is 0. The third-order valence-corrected chi connectivity index (χ3v) is 9.26. The lowest BCUT2D eigenvalue weighted by Crippen LogP contribution is -2.38. The fourth-order valence-corrected chi connectivity index (χ4v) is 6.96. The summed E-state index contributed by atoms with van der Waals surface area (Å²) in [6.07, 6.45) is 4.07. The van der Waals surface area contributed by atoms with Crippen molar-refractivity contribution in [2.75, 3.05) is 39.5 Å². The van der Waals surface area contributed by atoms with Crippen molar-refractivity contribution >= 4 is 32.0 Å². The SMILES string of the molecule is CCc1c(-c2ccc(OCCN3CCOCC3)cc2)n(S(=O)(=O)c2ccc(C)cc2)c2ncc3cnn(C)c3c12. The molecule has 6 rings (SSSR count). The zero-order valence-electron chi connectivity index (χ0n) is 23.0. The topological polar surface area (TPSA) is 91.5 Å². The molecule has 3 aromatic heterocycles. The van der Waals surface area contributed by atoms with Crippen LogP contribution in [0.15, 0.2) is 65.8 Å². The third kappa shape index (κ3) is 4.66. The van der Waals surface area contributed by atoms with E-state index in [9.17, 15) is 8.42 Å². The van der Waals surface area contributed by atoms with E-state index < -0.39 is 10.0 Å². The predicted molar refractivity (Wildman–Crippen MR) is 155 cm³/mol. The van der Waals surface area contributed by atoms with Gasteiger partial charge in [-0.05, 0) is 60.9 Å². The van der Waals surface area contributed by atoms with Crippen molar-refractivity contribution in [3.8, 4) is 17.0 Å². The Labute approximate surface area is 234 Å². The number of pyridine rings is 1. The Bertz CT molecular complexity index is 1770. The molecule has 0 bridgehead atoms. The maximum atomic E-state index is 14.3. The Morgan fingerprint density at radius 3 is 2.42 bits per heavy atom. The van der Waals surface area contributed by atoms with Crippen LogP contribution in [0.3, 0.4) is 0 Å². The van der Waals surface area contributed by atoms with Crippen LogP contribution in [-0.2, 0) is 28.2 Å². The van der Waals surface area contributed by atoms with Crippen molar-refractivity contribution in [3.63, 3.8) is 0 Å². The Hall–Kier alpha value is -3.73. The molecule has 0 N–H and O–H groups in total. The summed E-state index contributed by atoms with van der Waals surface area (Å²) < 4.78 is 43.2. The van der Waals surface area contributed by atoms with Crippen LogP contribution in [0.4, 0.5) is 0 Å². The number of aromatic nitrogens is 4. The molecule has 0 aliphatic carbocycles. The van der Waals surface area contributed by atoms with Crippen molar-refractivity contribution in [1.29, 1.82) is 0 Å². The van der Waals surface area contributed by atoms with E-state index in [0.29, 0.717) is 24.4 Å². The molecule has 0 unspecified atom stereocenters. The van der Waals surface area contributed by atoms with Crippen LogP contribution in [0.2, 0.25) is 0 Å². The number of ether oxygens (including phenoxy) is 2. The minimum absolute atomic E-state index is 0.217. The fourth-order valence-electron chi connectivity index (χ4n) is 5.45. The smallest absolute Gasteiger partial charge is 0.269 e. The number of hydrogen-bond donors (Lipinski definition) is 0. The lowest BCUT2D eigenvalue weighted by molar-refractivity contribution is 0.0322. The van der Waals surface area contributed by atoms with Crippen LogP contribution >= 0.6 is 0 Å². The normalized spacial score (nSPS) is 14.8. The molecule has 10 heteroatoms. The number of hydrogen-bond acceptors (Lipinski definition) is 7. The molecule has 1 aliphatic heterocycles. The Kier molecular flexibility index (Phi) is 7.07. The zero-order valence-corrected chi connectivity index (χ0v) is 23.8. The summed E-state index contributed by atoms with van der Waals surface area (Å²) in [7, 11) is -2.10. The fraction of sp³-hybridized carbons (Fsp3) is 0.333. The Morgan fingerprint density at radius 2 is 1.73 bits per heavy atom. The average molecular weight is 560 g/mol. The summed E-state index contributed by atoms with van der Waals surface area (Å²) in [5, 5.41) is 6.10. The summed E-state index contributed by atoms with van der Waals surface area (Å²) in [5.74, 6) is 0.742. The van der Waals surface area contributed by atoms with Crippen LogP contribution in [-0.4, -0.2) is 71.5 Å². The van der Waals surface area contributed by atoms with E-state index in [4.69, 9.17) is 9.47 Å². The molecular weight excluding hydrogens is 526 g/mol. The molecule has 4 heterocycles. The van der Waals surface area contributed by atoms with E-state index in [1.807, 2.05) is 57.3 Å². The molecule has 0 radical (unpaired) electrons. The Morgan fingerprint density at radius 1 is 1.00 bits per heavy atom. The number of morpholine rings is 1. The van der Waals surface area contributed by atoms with Crippen LogP contribution in [0.5, 0.6) is 5.75 Å². The maximum Gasteiger partial charge on any atom is 0.269 e. The second kappa shape index (κ2) is 10.7. The first-order valence-electron chi connectivity index (χ1n) is 13.6. The van der Waals surface area contributed by atoms with Gasteiger partial charge in [-0.2, -0.15) is 5.10 Å². The molecule has 5 aromatic rings. The molecular formula is C30H33N5O4S. The van der Waals surface area contributed by atoms with Crippen molar-refractivity contribution in [3.05, 3.63) is 72.1 Å². The molecule has 40 heavy (non-hydrogen) atoms. The molecule has 208 valence electrons. The number of aryl methyl sites for hydroxylation is 3. The van der Waals surface area contributed by atoms with Crippen LogP contribution < -0.4 is 4.74 Å². The molecule has 0 amide bonds. The van der Waals surface area contributed by atoms with Gasteiger partial charge in [-0.15, -0.1) is 0 Å². The lowest BCUT2D eigenvalue weighted by atomic mass is 10.0. The highest BCUT2D eigenvalue weighted by Crippen LogP contribution is 2.39. The van der Waals surface area contributed by atoms with Gasteiger partial charge in [-0.3, -0.25) is 9.58 Å². The van der Waals surface area contributed by atoms with Crippen molar-refractivity contribution in [2.24, 2.45) is 7.05 Å². The minimum atomic E-state index is -3.97. The minimum Gasteiger partial charge on any atom is -0.492 e. The number of fused-ring (bicyclic) bond motifs is 3. The van der Waals surface area contributed by atoms with Gasteiger partial charge >= 0.3 is 0 Å². The number of rotatable bonds is 8. The molecule has 0 spiro atoms. The van der Waals surface area contributed by atoms with Gasteiger partial charge in [0.05, 0.1) is 35.5 Å². The van der Waals surface area contributed by atoms with E-state index in [2.05, 4.69) is 15.0 Å². The van der Waals surface area contributed by atoms with E-state index >= 15 is 0 Å². The van der Waals surface area contributed by atoms with Gasteiger partial charge in [0, 0.05) is 43.7 Å². The monoisotopic (exact) mass is 559 g/mol. The van der Waals surface area contributed by atoms with E-state index in [-0.39, 0.29) is 4.90 Å². The van der Waals surface area contributed by atoms with Gasteiger partial charge < -0.3 is 9.47 Å². The number of benzene rings is 2. The predicted octanol–water partition coefficient (Wildman–Crippen LogP) is 4.41. The summed E-state index contributed by atoms with van der Waals surface area (Å²) in [5.41, 5.74) is 4.55. The zero-order chi connectivity index (χ0) is 27.9. The third-order valence-electron chi connectivity index (χ3n) is 7.56. The van der Waals surface area contributed by atoms with E-state index in [1.165, 1.54) is 3.97 Å². The largest absolute Gasteiger partial charge is 0.492 e. The highest BCUT2D eigenvalue weighted by atomic mass is 32.2. The van der Waals surface area contributed by atoms with E-state index in [0.717, 1.165) is 71.6 Å². The molecule has 9 nitrogen and oxygen atoms in total. The number of nitrogens with zero attached hydrogens (tertiary/aromatic N) is 5. The molecule has 0 atom stereocenters. The second-order valence-corrected chi connectivity index (χ2v) is 11.9. The first-order valence-corrected chi connectivity index (χ1v) is 15.0. The van der Waals surface area contributed by atoms with Gasteiger partial charge in [0.1, 0.15) is 12.4 Å². The standard InChI is InChI=1S/C30H33N5O4S/c1-4-26-27-29-23(20-32-33(29)3)19-31-30(27)35(40(36,37)25-11-5-21(2)6-12-25)28(26)22-7-9-24(10-8-22)39-18-15-34-13-16-38-17-14-34/h5-12,19-20H,4,13-18H2,1-3H3. The molecule has 2 aromatic carbocycles. The quantitative estimate of drug-likeness (QED) is 0.278. The molecule has 1 fully saturated rings. The molecule has 1 saturated heterocycles. The highest BCUT2D eigenvalue weighted by Gasteiger charge is 2.30. The summed E-state index contributed by atoms with van der Waals surface area (Å²) in [6, 6.07) is 14.6. The van der Waals surface area contributed by atoms with Crippen LogP contribution in [0.1, 0.15) is 18.1 Å². The average Bonchev–Trinajstić information content (AvgIpc) is 3.52. The Balaban J connectivity index is 1.46. The second-order valence-electron chi connectivity index (χ2n) is 10.1. The van der Waals surface area contributed by atoms with Gasteiger partial charge in [0.15, 0.2) is 5.65 Å². The lowest BCUT2D eigenvalue weighted by Gasteiger charge is -2.26. The molecule has 1 aliphatic rings. The van der Waals surface area contributed by atoms with Gasteiger partial charge in [-0.25, -0.2) is 17.4 Å². The molecule has 0 saturated carbocycles. The summed E-state index contributed by atoms with van der Waals surface area (Å²) in [4.78, 5) is 7.22. The first kappa shape index (κ1) is 26.5. The van der Waals surface area contributed by atoms with Crippen LogP contribution in [0.25, 0.3) is 33.2 Å².